The number of hydrogen-bond acceptors (Lipinski definition) is 2. The summed E-state index contributed by atoms with van der Waals surface area (Å²) < 4.78 is 0. The molecule has 3 aromatic rings. The monoisotopic (exact) mass is 179 g/mol. The van der Waals surface area contributed by atoms with Crippen LogP contribution in [0.25, 0.3) is 21.9 Å². The van der Waals surface area contributed by atoms with Crippen LogP contribution >= 0.6 is 0 Å². The van der Waals surface area contributed by atoms with Gasteiger partial charge >= 0.3 is 0 Å². The second kappa shape index (κ2) is 2.77. The molecule has 2 heteroatoms. The molecule has 0 N–H and O–H groups in total. The fourth-order valence-corrected chi connectivity index (χ4v) is 1.56. The summed E-state index contributed by atoms with van der Waals surface area (Å²) in [7, 11) is 0. The zero-order valence-corrected chi connectivity index (χ0v) is 7.44. The minimum Gasteiger partial charge on any atom is -0.236 e. The zero-order chi connectivity index (χ0) is 9.38. The maximum absolute atomic E-state index is 4.45. The minimum absolute atomic E-state index is 0.780. The van der Waals surface area contributed by atoms with Crippen molar-refractivity contribution in [2.45, 2.75) is 0 Å². The van der Waals surface area contributed by atoms with Crippen LogP contribution in [-0.2, 0) is 0 Å². The molecule has 0 spiro atoms. The zero-order valence-electron chi connectivity index (χ0n) is 7.44. The van der Waals surface area contributed by atoms with Crippen molar-refractivity contribution >= 4 is 21.9 Å². The van der Waals surface area contributed by atoms with E-state index in [0.717, 1.165) is 21.9 Å². The van der Waals surface area contributed by atoms with Crippen LogP contribution in [0.3, 0.4) is 0 Å². The molecule has 0 aliphatic heterocycles. The largest absolute Gasteiger partial charge is 0.236 e. The Labute approximate surface area is 81.2 Å². The van der Waals surface area contributed by atoms with E-state index in [1.54, 1.807) is 6.20 Å². The fourth-order valence-electron chi connectivity index (χ4n) is 1.56. The summed E-state index contributed by atoms with van der Waals surface area (Å²) in [6, 6.07) is 15.0. The lowest BCUT2D eigenvalue weighted by molar-refractivity contribution is 1.32. The van der Waals surface area contributed by atoms with Crippen LogP contribution in [0, 0.1) is 6.07 Å². The van der Waals surface area contributed by atoms with Crippen LogP contribution in [0.15, 0.2) is 42.6 Å². The van der Waals surface area contributed by atoms with Gasteiger partial charge in [0.25, 0.3) is 0 Å². The second-order valence-electron chi connectivity index (χ2n) is 3.16. The Morgan fingerprint density at radius 3 is 3.00 bits per heavy atom. The van der Waals surface area contributed by atoms with Crippen LogP contribution in [0.2, 0.25) is 0 Å². The molecule has 1 aromatic carbocycles. The number of fused-ring (bicyclic) bond motifs is 2. The molecule has 3 rings (SSSR count). The standard InChI is InChI=1S/C12H7N2/c1-2-6-11-9(4-1)8-10-5-3-7-13-12(10)14-11/h1-2,4-8H. The van der Waals surface area contributed by atoms with Gasteiger partial charge in [-0.05, 0) is 18.2 Å². The summed E-state index contributed by atoms with van der Waals surface area (Å²) in [5, 5.41) is 2.17. The third-order valence-corrected chi connectivity index (χ3v) is 2.23. The lowest BCUT2D eigenvalue weighted by atomic mass is 10.2. The molecular weight excluding hydrogens is 172 g/mol. The smallest absolute Gasteiger partial charge is 0.159 e. The molecule has 0 bridgehead atoms. The Morgan fingerprint density at radius 2 is 2.00 bits per heavy atom. The van der Waals surface area contributed by atoms with Crippen molar-refractivity contribution in [1.82, 2.24) is 9.97 Å². The topological polar surface area (TPSA) is 25.8 Å². The Hall–Kier alpha value is -1.96. The molecule has 2 nitrogen and oxygen atoms in total. The molecule has 2 heterocycles. The van der Waals surface area contributed by atoms with Gasteiger partial charge in [-0.3, -0.25) is 0 Å². The van der Waals surface area contributed by atoms with Crippen molar-refractivity contribution in [3.8, 4) is 0 Å². The summed E-state index contributed by atoms with van der Waals surface area (Å²) in [4.78, 5) is 8.61. The Morgan fingerprint density at radius 1 is 1.07 bits per heavy atom. The number of aromatic nitrogens is 2. The highest BCUT2D eigenvalue weighted by Gasteiger charge is 1.97. The highest BCUT2D eigenvalue weighted by molar-refractivity contribution is 5.90. The Kier molecular flexibility index (Phi) is 1.47. The van der Waals surface area contributed by atoms with E-state index in [0.29, 0.717) is 0 Å². The summed E-state index contributed by atoms with van der Waals surface area (Å²) >= 11 is 0. The first-order valence-electron chi connectivity index (χ1n) is 4.45. The van der Waals surface area contributed by atoms with Gasteiger partial charge in [-0.25, -0.2) is 9.97 Å². The molecule has 0 saturated heterocycles. The number of rotatable bonds is 0. The molecule has 1 radical (unpaired) electrons. The maximum Gasteiger partial charge on any atom is 0.159 e. The predicted molar refractivity (Wildman–Crippen MR) is 55.9 cm³/mol. The third kappa shape index (κ3) is 1.04. The molecule has 65 valence electrons. The minimum atomic E-state index is 0.780. The van der Waals surface area contributed by atoms with E-state index >= 15 is 0 Å². The normalized spacial score (nSPS) is 10.9. The van der Waals surface area contributed by atoms with Crippen LogP contribution in [0.4, 0.5) is 0 Å². The van der Waals surface area contributed by atoms with E-state index in [4.69, 9.17) is 0 Å². The lowest BCUT2D eigenvalue weighted by Gasteiger charge is -1.98. The van der Waals surface area contributed by atoms with E-state index in [-0.39, 0.29) is 0 Å². The first kappa shape index (κ1) is 7.44. The van der Waals surface area contributed by atoms with E-state index in [1.807, 2.05) is 24.3 Å². The van der Waals surface area contributed by atoms with Gasteiger partial charge in [-0.15, -0.1) is 0 Å². The van der Waals surface area contributed by atoms with Crippen molar-refractivity contribution in [3.05, 3.63) is 48.7 Å². The molecule has 0 unspecified atom stereocenters. The van der Waals surface area contributed by atoms with Crippen LogP contribution in [0.5, 0.6) is 0 Å². The molecule has 0 saturated carbocycles. The van der Waals surface area contributed by atoms with Crippen LogP contribution in [0.1, 0.15) is 0 Å². The average Bonchev–Trinajstić information content (AvgIpc) is 2.26. The first-order valence-corrected chi connectivity index (χ1v) is 4.45. The molecule has 2 aromatic heterocycles. The number of nitrogens with zero attached hydrogens (tertiary/aromatic N) is 2. The van der Waals surface area contributed by atoms with E-state index < -0.39 is 0 Å². The molecule has 0 fully saturated rings. The summed E-state index contributed by atoms with van der Waals surface area (Å²) in [5.74, 6) is 0. The van der Waals surface area contributed by atoms with Crippen molar-refractivity contribution < 1.29 is 0 Å². The van der Waals surface area contributed by atoms with Gasteiger partial charge in [0, 0.05) is 23.0 Å². The third-order valence-electron chi connectivity index (χ3n) is 2.23. The number of pyridine rings is 2. The van der Waals surface area contributed by atoms with Crippen molar-refractivity contribution in [1.29, 1.82) is 0 Å². The van der Waals surface area contributed by atoms with E-state index in [9.17, 15) is 0 Å². The van der Waals surface area contributed by atoms with Crippen LogP contribution in [-0.4, -0.2) is 9.97 Å². The number of para-hydroxylation sites is 1. The predicted octanol–water partition coefficient (Wildman–Crippen LogP) is 2.58. The van der Waals surface area contributed by atoms with Gasteiger partial charge in [0.1, 0.15) is 0 Å². The fraction of sp³-hybridized carbons (Fsp3) is 0. The van der Waals surface area contributed by atoms with Gasteiger partial charge in [0.2, 0.25) is 0 Å². The number of hydrogen-bond donors (Lipinski definition) is 0. The average molecular weight is 179 g/mol. The number of benzene rings is 1. The van der Waals surface area contributed by atoms with Crippen molar-refractivity contribution in [3.63, 3.8) is 0 Å². The highest BCUT2D eigenvalue weighted by atomic mass is 14.8. The van der Waals surface area contributed by atoms with Gasteiger partial charge in [-0.1, -0.05) is 18.2 Å². The Bertz CT molecular complexity index is 497. The maximum atomic E-state index is 4.45. The quantitative estimate of drug-likeness (QED) is 0.496. The highest BCUT2D eigenvalue weighted by Crippen LogP contribution is 2.16. The summed E-state index contributed by atoms with van der Waals surface area (Å²) in [6.45, 7) is 0. The molecule has 0 aliphatic rings. The van der Waals surface area contributed by atoms with Gasteiger partial charge in [0.05, 0.1) is 5.52 Å². The Balaban J connectivity index is 2.52. The lowest BCUT2D eigenvalue weighted by Crippen LogP contribution is -1.84. The van der Waals surface area contributed by atoms with Crippen molar-refractivity contribution in [2.75, 3.05) is 0 Å². The van der Waals surface area contributed by atoms with Gasteiger partial charge in [0.15, 0.2) is 5.65 Å². The summed E-state index contributed by atoms with van der Waals surface area (Å²) in [6.07, 6.45) is 1.64. The van der Waals surface area contributed by atoms with Crippen molar-refractivity contribution in [2.24, 2.45) is 0 Å². The summed E-state index contributed by atoms with van der Waals surface area (Å²) in [5.41, 5.74) is 1.76. The molecule has 0 amide bonds. The molecule has 14 heavy (non-hydrogen) atoms. The molecular formula is C12H7N2. The van der Waals surface area contributed by atoms with E-state index in [2.05, 4.69) is 28.2 Å². The first-order chi connectivity index (χ1) is 6.93. The molecule has 0 atom stereocenters. The van der Waals surface area contributed by atoms with Gasteiger partial charge < -0.3 is 0 Å². The van der Waals surface area contributed by atoms with Crippen LogP contribution < -0.4 is 0 Å². The van der Waals surface area contributed by atoms with Gasteiger partial charge in [-0.2, -0.15) is 0 Å². The SMILES string of the molecule is [c]1cnc2nc3ccccc3cc2c1. The molecule has 0 aliphatic carbocycles. The van der Waals surface area contributed by atoms with E-state index in [1.165, 1.54) is 0 Å². The second-order valence-corrected chi connectivity index (χ2v) is 3.16.